The molecule has 0 fully saturated rings. The van der Waals surface area contributed by atoms with Crippen LogP contribution in [0.2, 0.25) is 0 Å². The second kappa shape index (κ2) is 4.58. The van der Waals surface area contributed by atoms with E-state index in [9.17, 15) is 4.79 Å². The highest BCUT2D eigenvalue weighted by Crippen LogP contribution is 2.12. The number of rotatable bonds is 3. The van der Waals surface area contributed by atoms with Crippen molar-refractivity contribution in [1.29, 1.82) is 0 Å². The number of nitrogens with two attached hydrogens (primary N) is 1. The lowest BCUT2D eigenvalue weighted by Crippen LogP contribution is -2.19. The van der Waals surface area contributed by atoms with E-state index in [-0.39, 0.29) is 0 Å². The average molecular weight is 191 g/mol. The molecule has 0 aliphatic heterocycles. The van der Waals surface area contributed by atoms with Gasteiger partial charge in [0.15, 0.2) is 6.23 Å². The maximum absolute atomic E-state index is 11.1. The highest BCUT2D eigenvalue weighted by molar-refractivity contribution is 5.87. The first-order chi connectivity index (χ1) is 6.61. The van der Waals surface area contributed by atoms with Gasteiger partial charge in [-0.25, -0.2) is 4.79 Å². The lowest BCUT2D eigenvalue weighted by Gasteiger charge is -2.12. The standard InChI is InChI=1S/C11H13NO2/c1-8(2)11(13)14-10(12)9-6-4-3-5-7-9/h3-7,10H,1,12H2,2H3. The number of carbonyl (C=O) groups is 1. The molecular weight excluding hydrogens is 178 g/mol. The molecule has 0 saturated carbocycles. The Kier molecular flexibility index (Phi) is 3.42. The van der Waals surface area contributed by atoms with Crippen LogP contribution in [-0.4, -0.2) is 5.97 Å². The summed E-state index contributed by atoms with van der Waals surface area (Å²) in [6, 6.07) is 9.15. The lowest BCUT2D eigenvalue weighted by atomic mass is 10.2. The number of benzene rings is 1. The number of hydrogen-bond donors (Lipinski definition) is 1. The Morgan fingerprint density at radius 2 is 2.00 bits per heavy atom. The van der Waals surface area contributed by atoms with Gasteiger partial charge in [0.1, 0.15) is 0 Å². The molecule has 1 aromatic carbocycles. The third-order valence-corrected chi connectivity index (χ3v) is 1.71. The number of esters is 1. The van der Waals surface area contributed by atoms with E-state index >= 15 is 0 Å². The predicted octanol–water partition coefficient (Wildman–Crippen LogP) is 1.76. The second-order valence-corrected chi connectivity index (χ2v) is 3.02. The van der Waals surface area contributed by atoms with Gasteiger partial charge in [0, 0.05) is 11.1 Å². The Bertz CT molecular complexity index is 332. The maximum Gasteiger partial charge on any atom is 0.334 e. The average Bonchev–Trinajstić information content (AvgIpc) is 2.19. The minimum Gasteiger partial charge on any atom is -0.439 e. The van der Waals surface area contributed by atoms with E-state index < -0.39 is 12.2 Å². The minimum atomic E-state index is -0.722. The van der Waals surface area contributed by atoms with Crippen LogP contribution in [0.25, 0.3) is 0 Å². The molecule has 0 heterocycles. The summed E-state index contributed by atoms with van der Waals surface area (Å²) in [6.45, 7) is 5.06. The van der Waals surface area contributed by atoms with Crippen molar-refractivity contribution in [3.05, 3.63) is 48.0 Å². The second-order valence-electron chi connectivity index (χ2n) is 3.02. The molecule has 3 heteroatoms. The predicted molar refractivity (Wildman–Crippen MR) is 54.3 cm³/mol. The Balaban J connectivity index is 2.64. The van der Waals surface area contributed by atoms with Crippen molar-refractivity contribution in [3.63, 3.8) is 0 Å². The van der Waals surface area contributed by atoms with Crippen LogP contribution in [-0.2, 0) is 9.53 Å². The summed E-state index contributed by atoms with van der Waals surface area (Å²) in [5.41, 5.74) is 6.76. The van der Waals surface area contributed by atoms with E-state index in [0.29, 0.717) is 5.57 Å². The third-order valence-electron chi connectivity index (χ3n) is 1.71. The van der Waals surface area contributed by atoms with Crippen LogP contribution in [0.4, 0.5) is 0 Å². The topological polar surface area (TPSA) is 52.3 Å². The van der Waals surface area contributed by atoms with Gasteiger partial charge in [0.05, 0.1) is 0 Å². The SMILES string of the molecule is C=C(C)C(=O)OC(N)c1ccccc1. The van der Waals surface area contributed by atoms with Crippen molar-refractivity contribution in [3.8, 4) is 0 Å². The summed E-state index contributed by atoms with van der Waals surface area (Å²) < 4.78 is 4.94. The third kappa shape index (κ3) is 2.71. The van der Waals surface area contributed by atoms with Crippen LogP contribution in [0.3, 0.4) is 0 Å². The molecule has 0 aliphatic carbocycles. The fraction of sp³-hybridized carbons (Fsp3) is 0.182. The zero-order valence-corrected chi connectivity index (χ0v) is 8.07. The molecule has 74 valence electrons. The molecule has 0 spiro atoms. The molecule has 3 nitrogen and oxygen atoms in total. The molecule has 14 heavy (non-hydrogen) atoms. The summed E-state index contributed by atoms with van der Waals surface area (Å²) in [4.78, 5) is 11.1. The quantitative estimate of drug-likeness (QED) is 0.450. The van der Waals surface area contributed by atoms with Crippen molar-refractivity contribution < 1.29 is 9.53 Å². The summed E-state index contributed by atoms with van der Waals surface area (Å²) in [6.07, 6.45) is -0.722. The minimum absolute atomic E-state index is 0.344. The van der Waals surface area contributed by atoms with Crippen LogP contribution in [0, 0.1) is 0 Å². The monoisotopic (exact) mass is 191 g/mol. The molecule has 0 saturated heterocycles. The molecule has 0 bridgehead atoms. The van der Waals surface area contributed by atoms with Gasteiger partial charge in [0.25, 0.3) is 0 Å². The molecule has 0 aliphatic rings. The van der Waals surface area contributed by atoms with E-state index in [0.717, 1.165) is 5.56 Å². The summed E-state index contributed by atoms with van der Waals surface area (Å²) >= 11 is 0. The van der Waals surface area contributed by atoms with Crippen LogP contribution in [0.15, 0.2) is 42.5 Å². The summed E-state index contributed by atoms with van der Waals surface area (Å²) in [7, 11) is 0. The maximum atomic E-state index is 11.1. The van der Waals surface area contributed by atoms with Crippen molar-refractivity contribution >= 4 is 5.97 Å². The van der Waals surface area contributed by atoms with Gasteiger partial charge in [0.2, 0.25) is 0 Å². The van der Waals surface area contributed by atoms with Crippen LogP contribution in [0.1, 0.15) is 18.7 Å². The Morgan fingerprint density at radius 1 is 1.43 bits per heavy atom. The highest BCUT2D eigenvalue weighted by atomic mass is 16.6. The highest BCUT2D eigenvalue weighted by Gasteiger charge is 2.11. The fourth-order valence-electron chi connectivity index (χ4n) is 0.927. The first kappa shape index (κ1) is 10.5. The van der Waals surface area contributed by atoms with E-state index in [4.69, 9.17) is 10.5 Å². The zero-order valence-electron chi connectivity index (χ0n) is 8.07. The van der Waals surface area contributed by atoms with E-state index in [2.05, 4.69) is 6.58 Å². The van der Waals surface area contributed by atoms with Crippen LogP contribution >= 0.6 is 0 Å². The van der Waals surface area contributed by atoms with Crippen molar-refractivity contribution in [2.75, 3.05) is 0 Å². The van der Waals surface area contributed by atoms with E-state index in [1.807, 2.05) is 18.2 Å². The Morgan fingerprint density at radius 3 is 2.50 bits per heavy atom. The molecule has 1 atom stereocenters. The molecule has 1 unspecified atom stereocenters. The Hall–Kier alpha value is -1.61. The molecule has 0 radical (unpaired) electrons. The fourth-order valence-corrected chi connectivity index (χ4v) is 0.927. The first-order valence-corrected chi connectivity index (χ1v) is 4.28. The number of ether oxygens (including phenoxy) is 1. The normalized spacial score (nSPS) is 11.9. The van der Waals surface area contributed by atoms with Crippen molar-refractivity contribution in [2.45, 2.75) is 13.2 Å². The van der Waals surface area contributed by atoms with Gasteiger partial charge < -0.3 is 4.74 Å². The van der Waals surface area contributed by atoms with Crippen molar-refractivity contribution in [1.82, 2.24) is 0 Å². The molecule has 1 aromatic rings. The van der Waals surface area contributed by atoms with Gasteiger partial charge in [-0.15, -0.1) is 0 Å². The van der Waals surface area contributed by atoms with E-state index in [1.165, 1.54) is 0 Å². The van der Waals surface area contributed by atoms with Gasteiger partial charge in [-0.3, -0.25) is 5.73 Å². The van der Waals surface area contributed by atoms with Gasteiger partial charge in [-0.1, -0.05) is 36.9 Å². The molecule has 1 rings (SSSR count). The molecule has 0 aromatic heterocycles. The largest absolute Gasteiger partial charge is 0.439 e. The summed E-state index contributed by atoms with van der Waals surface area (Å²) in [5, 5.41) is 0. The molecule has 2 N–H and O–H groups in total. The smallest absolute Gasteiger partial charge is 0.334 e. The number of carbonyl (C=O) groups excluding carboxylic acids is 1. The Labute approximate surface area is 83.2 Å². The van der Waals surface area contributed by atoms with Crippen LogP contribution < -0.4 is 5.73 Å². The van der Waals surface area contributed by atoms with Gasteiger partial charge in [-0.2, -0.15) is 0 Å². The molecular formula is C11H13NO2. The lowest BCUT2D eigenvalue weighted by molar-refractivity contribution is -0.144. The molecule has 0 amide bonds. The van der Waals surface area contributed by atoms with Gasteiger partial charge >= 0.3 is 5.97 Å². The van der Waals surface area contributed by atoms with Crippen LogP contribution in [0.5, 0.6) is 0 Å². The summed E-state index contributed by atoms with van der Waals surface area (Å²) in [5.74, 6) is -0.471. The zero-order chi connectivity index (χ0) is 10.6. The van der Waals surface area contributed by atoms with Gasteiger partial charge in [-0.05, 0) is 6.92 Å². The van der Waals surface area contributed by atoms with E-state index in [1.54, 1.807) is 19.1 Å². The van der Waals surface area contributed by atoms with Crippen molar-refractivity contribution in [2.24, 2.45) is 5.73 Å². The number of hydrogen-bond acceptors (Lipinski definition) is 3. The first-order valence-electron chi connectivity index (χ1n) is 4.28.